The quantitative estimate of drug-likeness (QED) is 0.0262. The number of carbonyl (C=O) groups excluding carboxylic acids is 3. The van der Waals surface area contributed by atoms with Gasteiger partial charge >= 0.3 is 17.9 Å². The fourth-order valence-corrected chi connectivity index (χ4v) is 6.87. The normalized spacial score (nSPS) is 12.7. The Morgan fingerprint density at radius 2 is 0.619 bits per heavy atom. The van der Waals surface area contributed by atoms with Gasteiger partial charge in [0, 0.05) is 19.3 Å². The Morgan fingerprint density at radius 3 is 1.08 bits per heavy atom. The van der Waals surface area contributed by atoms with Crippen LogP contribution in [0.5, 0.6) is 0 Å². The number of allylic oxidation sites excluding steroid dienone is 14. The summed E-state index contributed by atoms with van der Waals surface area (Å²) < 4.78 is 16.7. The maximum Gasteiger partial charge on any atom is 0.306 e. The van der Waals surface area contributed by atoms with Crippen LogP contribution in [0.2, 0.25) is 0 Å². The lowest BCUT2D eigenvalue weighted by Crippen LogP contribution is -2.30. The van der Waals surface area contributed by atoms with Crippen LogP contribution < -0.4 is 0 Å². The fraction of sp³-hybridized carbons (Fsp3) is 0.702. The van der Waals surface area contributed by atoms with Crippen molar-refractivity contribution in [3.05, 3.63) is 85.1 Å². The lowest BCUT2D eigenvalue weighted by molar-refractivity contribution is -0.166. The highest BCUT2D eigenvalue weighted by atomic mass is 16.6. The second kappa shape index (κ2) is 51.2. The molecule has 0 bridgehead atoms. The van der Waals surface area contributed by atoms with Crippen LogP contribution in [-0.4, -0.2) is 37.2 Å². The second-order valence-electron chi connectivity index (χ2n) is 17.1. The van der Waals surface area contributed by atoms with E-state index in [1.807, 2.05) is 6.08 Å². The predicted octanol–water partition coefficient (Wildman–Crippen LogP) is 17.2. The summed E-state index contributed by atoms with van der Waals surface area (Å²) in [6.45, 7) is 6.48. The van der Waals surface area contributed by atoms with Crippen molar-refractivity contribution in [1.82, 2.24) is 0 Å². The molecule has 0 N–H and O–H groups in total. The minimum atomic E-state index is -0.811. The van der Waals surface area contributed by atoms with Gasteiger partial charge < -0.3 is 14.2 Å². The second-order valence-corrected chi connectivity index (χ2v) is 17.1. The highest BCUT2D eigenvalue weighted by Gasteiger charge is 2.19. The molecule has 0 rings (SSSR count). The smallest absolute Gasteiger partial charge is 0.306 e. The van der Waals surface area contributed by atoms with Gasteiger partial charge in [-0.1, -0.05) is 202 Å². The number of unbranched alkanes of at least 4 members (excludes halogenated alkanes) is 21. The first-order chi connectivity index (χ1) is 31.0. The van der Waals surface area contributed by atoms with Crippen LogP contribution in [0.3, 0.4) is 0 Å². The van der Waals surface area contributed by atoms with Crippen molar-refractivity contribution in [1.29, 1.82) is 0 Å². The molecule has 0 aromatic heterocycles. The first kappa shape index (κ1) is 59.6. The van der Waals surface area contributed by atoms with E-state index in [0.29, 0.717) is 19.3 Å². The van der Waals surface area contributed by atoms with Crippen molar-refractivity contribution in [2.45, 2.75) is 245 Å². The summed E-state index contributed by atoms with van der Waals surface area (Å²) in [6, 6.07) is 0. The molecule has 0 spiro atoms. The Morgan fingerprint density at radius 1 is 0.317 bits per heavy atom. The van der Waals surface area contributed by atoms with Crippen LogP contribution in [-0.2, 0) is 28.6 Å². The van der Waals surface area contributed by atoms with E-state index in [0.717, 1.165) is 77.0 Å². The van der Waals surface area contributed by atoms with Crippen LogP contribution in [0.4, 0.5) is 0 Å². The zero-order valence-corrected chi connectivity index (χ0v) is 41.1. The molecule has 0 aliphatic rings. The molecule has 1 atom stereocenters. The molecule has 0 radical (unpaired) electrons. The van der Waals surface area contributed by atoms with E-state index in [-0.39, 0.29) is 37.5 Å². The molecule has 63 heavy (non-hydrogen) atoms. The van der Waals surface area contributed by atoms with Crippen LogP contribution in [0.25, 0.3) is 0 Å². The maximum atomic E-state index is 12.8. The van der Waals surface area contributed by atoms with Gasteiger partial charge in [0.1, 0.15) is 13.2 Å². The van der Waals surface area contributed by atoms with E-state index < -0.39 is 6.10 Å². The lowest BCUT2D eigenvalue weighted by Gasteiger charge is -2.18. The summed E-state index contributed by atoms with van der Waals surface area (Å²) in [5.41, 5.74) is 0. The van der Waals surface area contributed by atoms with Crippen molar-refractivity contribution >= 4 is 17.9 Å². The van der Waals surface area contributed by atoms with Gasteiger partial charge in [0.25, 0.3) is 0 Å². The first-order valence-corrected chi connectivity index (χ1v) is 26.1. The van der Waals surface area contributed by atoms with E-state index in [2.05, 4.69) is 99.8 Å². The van der Waals surface area contributed by atoms with E-state index in [1.165, 1.54) is 116 Å². The van der Waals surface area contributed by atoms with Crippen LogP contribution in [0, 0.1) is 0 Å². The van der Waals surface area contributed by atoms with Gasteiger partial charge in [-0.05, 0) is 103 Å². The predicted molar refractivity (Wildman–Crippen MR) is 270 cm³/mol. The average Bonchev–Trinajstić information content (AvgIpc) is 3.28. The zero-order chi connectivity index (χ0) is 45.8. The van der Waals surface area contributed by atoms with Gasteiger partial charge in [0.15, 0.2) is 6.10 Å². The molecule has 0 saturated carbocycles. The third kappa shape index (κ3) is 49.5. The summed E-state index contributed by atoms with van der Waals surface area (Å²) >= 11 is 0. The Bertz CT molecular complexity index is 1240. The number of hydrogen-bond acceptors (Lipinski definition) is 6. The van der Waals surface area contributed by atoms with Crippen molar-refractivity contribution in [3.8, 4) is 0 Å². The molecular formula is C57H96O6. The van der Waals surface area contributed by atoms with E-state index in [4.69, 9.17) is 14.2 Å². The Hall–Kier alpha value is -3.41. The molecule has 0 unspecified atom stereocenters. The molecule has 0 fully saturated rings. The molecule has 0 heterocycles. The van der Waals surface area contributed by atoms with E-state index in [9.17, 15) is 14.4 Å². The summed E-state index contributed by atoms with van der Waals surface area (Å²) in [5, 5.41) is 0. The lowest BCUT2D eigenvalue weighted by atomic mass is 10.1. The van der Waals surface area contributed by atoms with Crippen LogP contribution in [0.1, 0.15) is 239 Å². The molecule has 360 valence electrons. The Labute approximate surface area is 388 Å². The summed E-state index contributed by atoms with van der Waals surface area (Å²) in [6.07, 6.45) is 65.8. The number of carbonyl (C=O) groups is 3. The Balaban J connectivity index is 4.48. The van der Waals surface area contributed by atoms with Crippen LogP contribution in [0.15, 0.2) is 85.1 Å². The maximum absolute atomic E-state index is 12.8. The highest BCUT2D eigenvalue weighted by Crippen LogP contribution is 2.13. The largest absolute Gasteiger partial charge is 0.462 e. The zero-order valence-electron chi connectivity index (χ0n) is 41.1. The molecule has 0 saturated heterocycles. The van der Waals surface area contributed by atoms with Gasteiger partial charge in [0.05, 0.1) is 0 Å². The van der Waals surface area contributed by atoms with Crippen molar-refractivity contribution in [3.63, 3.8) is 0 Å². The number of rotatable bonds is 46. The summed E-state index contributed by atoms with van der Waals surface area (Å²) in [7, 11) is 0. The molecular weight excluding hydrogens is 781 g/mol. The standard InChI is InChI=1S/C57H96O6/c1-4-7-10-13-16-19-22-24-26-27-28-29-31-33-36-38-41-44-47-50-56(59)62-53-54(63-57(60)51-48-45-42-39-34-21-18-15-12-9-6-3)52-61-55(58)49-46-43-40-37-35-32-30-25-23-20-17-14-11-8-5-2/h15-16,18-20,23-24,26,28-29,33,36,41,44,54H,4-14,17,21-22,25,27,30-32,34-35,37-40,42-43,45-53H2,1-3H3/b18-15-,19-16-,23-20-,26-24-,29-28-,36-33-,44-41-/t54-/m0/s1. The van der Waals surface area contributed by atoms with E-state index in [1.54, 1.807) is 0 Å². The van der Waals surface area contributed by atoms with Crippen molar-refractivity contribution < 1.29 is 28.6 Å². The third-order valence-corrected chi connectivity index (χ3v) is 10.9. The van der Waals surface area contributed by atoms with Gasteiger partial charge in [-0.3, -0.25) is 14.4 Å². The van der Waals surface area contributed by atoms with E-state index >= 15 is 0 Å². The third-order valence-electron chi connectivity index (χ3n) is 10.9. The van der Waals surface area contributed by atoms with Gasteiger partial charge in [-0.25, -0.2) is 0 Å². The Kier molecular flexibility index (Phi) is 48.5. The monoisotopic (exact) mass is 877 g/mol. The molecule has 0 amide bonds. The number of hydrogen-bond donors (Lipinski definition) is 0. The molecule has 0 aromatic carbocycles. The first-order valence-electron chi connectivity index (χ1n) is 26.1. The van der Waals surface area contributed by atoms with Gasteiger partial charge in [-0.2, -0.15) is 0 Å². The number of esters is 3. The topological polar surface area (TPSA) is 78.9 Å². The van der Waals surface area contributed by atoms with Gasteiger partial charge in [0.2, 0.25) is 0 Å². The minimum Gasteiger partial charge on any atom is -0.462 e. The molecule has 6 nitrogen and oxygen atoms in total. The fourth-order valence-electron chi connectivity index (χ4n) is 6.87. The molecule has 6 heteroatoms. The van der Waals surface area contributed by atoms with Gasteiger partial charge in [-0.15, -0.1) is 0 Å². The van der Waals surface area contributed by atoms with Crippen molar-refractivity contribution in [2.75, 3.05) is 13.2 Å². The molecule has 0 aliphatic carbocycles. The SMILES string of the molecule is CCCC/C=C\CCCCCCCC(=O)O[C@H](COC(=O)CC/C=C\C/C=C\C/C=C\C/C=C\C/C=C\CCCCC)COC(=O)CCCCCCCCC/C=C\CCCCCC. The highest BCUT2D eigenvalue weighted by molar-refractivity contribution is 5.71. The summed E-state index contributed by atoms with van der Waals surface area (Å²) in [4.78, 5) is 37.9. The van der Waals surface area contributed by atoms with Crippen molar-refractivity contribution in [2.24, 2.45) is 0 Å². The average molecular weight is 877 g/mol. The summed E-state index contributed by atoms with van der Waals surface area (Å²) in [5.74, 6) is -1.01. The molecule has 0 aliphatic heterocycles. The minimum absolute atomic E-state index is 0.105. The number of ether oxygens (including phenoxy) is 3. The molecule has 0 aromatic rings. The van der Waals surface area contributed by atoms with Crippen LogP contribution >= 0.6 is 0 Å².